The van der Waals surface area contributed by atoms with Gasteiger partial charge in [-0.25, -0.2) is 0 Å². The third-order valence-corrected chi connectivity index (χ3v) is 2.87. The quantitative estimate of drug-likeness (QED) is 0.671. The summed E-state index contributed by atoms with van der Waals surface area (Å²) < 4.78 is 0. The third-order valence-electron chi connectivity index (χ3n) is 2.31. The van der Waals surface area contributed by atoms with Crippen molar-refractivity contribution >= 4 is 34.8 Å². The van der Waals surface area contributed by atoms with E-state index >= 15 is 0 Å². The van der Waals surface area contributed by atoms with Gasteiger partial charge in [-0.3, -0.25) is 0 Å². The lowest BCUT2D eigenvalue weighted by Crippen LogP contribution is -2.32. The van der Waals surface area contributed by atoms with Gasteiger partial charge >= 0.3 is 0 Å². The van der Waals surface area contributed by atoms with Crippen molar-refractivity contribution in [3.8, 4) is 0 Å². The minimum Gasteiger partial charge on any atom is -0.330 e. The highest BCUT2D eigenvalue weighted by Gasteiger charge is 2.26. The first-order valence-electron chi connectivity index (χ1n) is 4.12. The molecule has 0 saturated heterocycles. The van der Waals surface area contributed by atoms with Crippen molar-refractivity contribution in [1.29, 1.82) is 0 Å². The molecule has 0 aliphatic carbocycles. The Balaban J connectivity index is 4.06. The average Bonchev–Trinajstić information content (AvgIpc) is 2.06. The molecule has 0 aromatic carbocycles. The molecule has 0 heterocycles. The fraction of sp³-hybridized carbons (Fsp3) is 1.00. The topological polar surface area (TPSA) is 26.0 Å². The van der Waals surface area contributed by atoms with Crippen LogP contribution in [0.25, 0.3) is 0 Å². The largest absolute Gasteiger partial charge is 0.330 e. The third kappa shape index (κ3) is 4.18. The van der Waals surface area contributed by atoms with E-state index in [4.69, 9.17) is 40.5 Å². The first-order valence-corrected chi connectivity index (χ1v) is 5.73. The van der Waals surface area contributed by atoms with Gasteiger partial charge in [-0.15, -0.1) is 34.8 Å². The van der Waals surface area contributed by atoms with Crippen LogP contribution in [0, 0.1) is 5.41 Å². The molecule has 0 amide bonds. The van der Waals surface area contributed by atoms with Gasteiger partial charge in [-0.1, -0.05) is 0 Å². The van der Waals surface area contributed by atoms with E-state index < -0.39 is 0 Å². The molecule has 0 aliphatic rings. The lowest BCUT2D eigenvalue weighted by Gasteiger charge is -2.30. The maximum atomic E-state index is 5.69. The molecule has 1 nitrogen and oxygen atoms in total. The number of nitrogens with two attached hydrogens (primary N) is 1. The maximum absolute atomic E-state index is 5.69. The first kappa shape index (κ1) is 12.8. The molecule has 12 heavy (non-hydrogen) atoms. The van der Waals surface area contributed by atoms with E-state index in [9.17, 15) is 0 Å². The zero-order valence-corrected chi connectivity index (χ0v) is 9.43. The minimum atomic E-state index is 0.0747. The minimum absolute atomic E-state index is 0.0747. The zero-order valence-electron chi connectivity index (χ0n) is 7.16. The van der Waals surface area contributed by atoms with Crippen LogP contribution < -0.4 is 5.73 Å². The molecule has 0 fully saturated rings. The predicted molar refractivity (Wildman–Crippen MR) is 57.5 cm³/mol. The summed E-state index contributed by atoms with van der Waals surface area (Å²) in [4.78, 5) is 0. The first-order chi connectivity index (χ1) is 5.74. The summed E-state index contributed by atoms with van der Waals surface area (Å²) in [7, 11) is 0. The van der Waals surface area contributed by atoms with Crippen LogP contribution in [0.1, 0.15) is 19.3 Å². The summed E-state index contributed by atoms with van der Waals surface area (Å²) in [5.41, 5.74) is 5.76. The fourth-order valence-electron chi connectivity index (χ4n) is 1.28. The molecule has 0 aromatic heterocycles. The highest BCUT2D eigenvalue weighted by molar-refractivity contribution is 6.18. The van der Waals surface area contributed by atoms with Crippen molar-refractivity contribution in [3.63, 3.8) is 0 Å². The second-order valence-corrected chi connectivity index (χ2v) is 4.15. The molecule has 0 rings (SSSR count). The molecule has 2 N–H and O–H groups in total. The van der Waals surface area contributed by atoms with Gasteiger partial charge in [0.05, 0.1) is 0 Å². The normalized spacial score (nSPS) is 12.0. The molecule has 0 unspecified atom stereocenters. The molecule has 0 atom stereocenters. The molecule has 0 spiro atoms. The highest BCUT2D eigenvalue weighted by atomic mass is 35.5. The Bertz CT molecular complexity index is 91.5. The Morgan fingerprint density at radius 3 is 1.33 bits per heavy atom. The molecule has 0 aliphatic heterocycles. The van der Waals surface area contributed by atoms with Crippen LogP contribution in [-0.4, -0.2) is 24.2 Å². The summed E-state index contributed by atoms with van der Waals surface area (Å²) in [5, 5.41) is 0. The molecule has 0 aromatic rings. The Kier molecular flexibility index (Phi) is 7.76. The van der Waals surface area contributed by atoms with Crippen LogP contribution >= 0.6 is 34.8 Å². The van der Waals surface area contributed by atoms with E-state index in [0.717, 1.165) is 19.3 Å². The van der Waals surface area contributed by atoms with Gasteiger partial charge in [0.1, 0.15) is 0 Å². The van der Waals surface area contributed by atoms with Crippen molar-refractivity contribution in [2.24, 2.45) is 11.1 Å². The summed E-state index contributed by atoms with van der Waals surface area (Å²) in [6.45, 7) is 0.624. The summed E-state index contributed by atoms with van der Waals surface area (Å²) in [5.74, 6) is 1.89. The van der Waals surface area contributed by atoms with Gasteiger partial charge < -0.3 is 5.73 Å². The number of hydrogen-bond acceptors (Lipinski definition) is 1. The van der Waals surface area contributed by atoms with Gasteiger partial charge in [-0.05, 0) is 31.2 Å². The van der Waals surface area contributed by atoms with Gasteiger partial charge in [0.15, 0.2) is 0 Å². The van der Waals surface area contributed by atoms with Crippen LogP contribution in [-0.2, 0) is 0 Å². The highest BCUT2D eigenvalue weighted by Crippen LogP contribution is 2.31. The van der Waals surface area contributed by atoms with Crippen LogP contribution in [0.2, 0.25) is 0 Å². The van der Waals surface area contributed by atoms with Crippen molar-refractivity contribution < 1.29 is 0 Å². The smallest absolute Gasteiger partial charge is 0.0229 e. The average molecular weight is 233 g/mol. The molecule has 0 bridgehead atoms. The SMILES string of the molecule is NCC(CCCl)(CCCl)CCCl. The van der Waals surface area contributed by atoms with E-state index in [1.165, 1.54) is 0 Å². The second kappa shape index (κ2) is 7.25. The fourth-order valence-corrected chi connectivity index (χ4v) is 2.49. The predicted octanol–water partition coefficient (Wildman–Crippen LogP) is 2.82. The van der Waals surface area contributed by atoms with Crippen molar-refractivity contribution in [3.05, 3.63) is 0 Å². The molecule has 4 heteroatoms. The van der Waals surface area contributed by atoms with Gasteiger partial charge in [0.2, 0.25) is 0 Å². The maximum Gasteiger partial charge on any atom is 0.0229 e. The second-order valence-electron chi connectivity index (χ2n) is 3.02. The van der Waals surface area contributed by atoms with Gasteiger partial charge in [-0.2, -0.15) is 0 Å². The summed E-state index contributed by atoms with van der Waals surface area (Å²) >= 11 is 17.1. The van der Waals surface area contributed by atoms with E-state index in [-0.39, 0.29) is 5.41 Å². The number of hydrogen-bond donors (Lipinski definition) is 1. The van der Waals surface area contributed by atoms with Crippen molar-refractivity contribution in [1.82, 2.24) is 0 Å². The Morgan fingerprint density at radius 1 is 0.833 bits per heavy atom. The van der Waals surface area contributed by atoms with Gasteiger partial charge in [0, 0.05) is 17.6 Å². The van der Waals surface area contributed by atoms with Crippen LogP contribution in [0.15, 0.2) is 0 Å². The monoisotopic (exact) mass is 231 g/mol. The summed E-state index contributed by atoms with van der Waals surface area (Å²) in [6, 6.07) is 0. The molecule has 74 valence electrons. The Labute approximate surface area is 89.5 Å². The van der Waals surface area contributed by atoms with Crippen molar-refractivity contribution in [2.75, 3.05) is 24.2 Å². The lowest BCUT2D eigenvalue weighted by atomic mass is 9.80. The number of rotatable bonds is 7. The van der Waals surface area contributed by atoms with Gasteiger partial charge in [0.25, 0.3) is 0 Å². The van der Waals surface area contributed by atoms with Crippen LogP contribution in [0.4, 0.5) is 0 Å². The standard InChI is InChI=1S/C8H16Cl3N/c9-4-1-8(7-12,2-5-10)3-6-11/h1-7,12H2. The molecular weight excluding hydrogens is 216 g/mol. The Hall–Kier alpha value is 0.830. The van der Waals surface area contributed by atoms with Crippen molar-refractivity contribution in [2.45, 2.75) is 19.3 Å². The molecule has 0 radical (unpaired) electrons. The molecular formula is C8H16Cl3N. The molecule has 0 saturated carbocycles. The number of alkyl halides is 3. The summed E-state index contributed by atoms with van der Waals surface area (Å²) in [6.07, 6.45) is 2.72. The van der Waals surface area contributed by atoms with Crippen LogP contribution in [0.5, 0.6) is 0 Å². The van der Waals surface area contributed by atoms with E-state index in [1.54, 1.807) is 0 Å². The van der Waals surface area contributed by atoms with E-state index in [1.807, 2.05) is 0 Å². The van der Waals surface area contributed by atoms with E-state index in [2.05, 4.69) is 0 Å². The van der Waals surface area contributed by atoms with E-state index in [0.29, 0.717) is 24.2 Å². The van der Waals surface area contributed by atoms with Crippen LogP contribution in [0.3, 0.4) is 0 Å². The lowest BCUT2D eigenvalue weighted by molar-refractivity contribution is 0.267. The Morgan fingerprint density at radius 2 is 1.17 bits per heavy atom. The number of halogens is 3. The zero-order chi connectivity index (χ0) is 9.45.